The lowest BCUT2D eigenvalue weighted by atomic mass is 10.0. The Hall–Kier alpha value is -1.01. The Bertz CT molecular complexity index is 393. The molecule has 0 saturated heterocycles. The number of benzene rings is 1. The minimum Gasteiger partial charge on any atom is -0.478 e. The first-order chi connectivity index (χ1) is 7.06. The van der Waals surface area contributed by atoms with Gasteiger partial charge >= 0.3 is 0 Å². The van der Waals surface area contributed by atoms with Gasteiger partial charge in [-0.2, -0.15) is 5.26 Å². The van der Waals surface area contributed by atoms with Gasteiger partial charge in [-0.15, -0.1) is 0 Å². The Kier molecular flexibility index (Phi) is 4.16. The fourth-order valence-corrected chi connectivity index (χ4v) is 1.72. The molecule has 0 N–H and O–H groups in total. The van der Waals surface area contributed by atoms with Crippen LogP contribution >= 0.6 is 15.9 Å². The Morgan fingerprint density at radius 1 is 1.47 bits per heavy atom. The van der Waals surface area contributed by atoms with Crippen LogP contribution in [0.15, 0.2) is 16.6 Å². The van der Waals surface area contributed by atoms with E-state index in [-0.39, 0.29) is 6.61 Å². The molecule has 2 nitrogen and oxygen atoms in total. The second-order valence-electron chi connectivity index (χ2n) is 3.74. The van der Waals surface area contributed by atoms with Gasteiger partial charge in [0.25, 0.3) is 0 Å². The van der Waals surface area contributed by atoms with Gasteiger partial charge < -0.3 is 4.74 Å². The van der Waals surface area contributed by atoms with Crippen LogP contribution in [0.2, 0.25) is 0 Å². The van der Waals surface area contributed by atoms with Crippen LogP contribution in [0.4, 0.5) is 0 Å². The first-order valence-electron chi connectivity index (χ1n) is 4.86. The normalized spacial score (nSPS) is 10.1. The van der Waals surface area contributed by atoms with Crippen molar-refractivity contribution in [2.75, 3.05) is 6.61 Å². The van der Waals surface area contributed by atoms with Crippen molar-refractivity contribution < 1.29 is 4.74 Å². The second kappa shape index (κ2) is 5.18. The molecule has 0 amide bonds. The van der Waals surface area contributed by atoms with Crippen molar-refractivity contribution in [3.05, 3.63) is 27.7 Å². The van der Waals surface area contributed by atoms with Crippen molar-refractivity contribution in [3.8, 4) is 11.8 Å². The van der Waals surface area contributed by atoms with Gasteiger partial charge in [0.05, 0.1) is 0 Å². The van der Waals surface area contributed by atoms with E-state index in [1.807, 2.05) is 19.1 Å². The number of ether oxygens (including phenoxy) is 1. The molecule has 15 heavy (non-hydrogen) atoms. The quantitative estimate of drug-likeness (QED) is 0.835. The van der Waals surface area contributed by atoms with E-state index in [2.05, 4.69) is 35.8 Å². The fraction of sp³-hybridized carbons (Fsp3) is 0.417. The number of nitriles is 1. The third-order valence-electron chi connectivity index (χ3n) is 2.21. The van der Waals surface area contributed by atoms with Gasteiger partial charge in [-0.3, -0.25) is 0 Å². The zero-order chi connectivity index (χ0) is 11.4. The number of hydrogen-bond acceptors (Lipinski definition) is 2. The maximum atomic E-state index is 8.50. The molecule has 0 heterocycles. The second-order valence-corrected chi connectivity index (χ2v) is 4.60. The van der Waals surface area contributed by atoms with Gasteiger partial charge in [-0.1, -0.05) is 29.8 Å². The molecule has 1 aromatic rings. The summed E-state index contributed by atoms with van der Waals surface area (Å²) in [5, 5.41) is 8.50. The van der Waals surface area contributed by atoms with Crippen LogP contribution in [0.3, 0.4) is 0 Å². The molecule has 0 bridgehead atoms. The van der Waals surface area contributed by atoms with Gasteiger partial charge in [0, 0.05) is 4.47 Å². The Morgan fingerprint density at radius 3 is 2.67 bits per heavy atom. The predicted molar refractivity (Wildman–Crippen MR) is 64.1 cm³/mol. The van der Waals surface area contributed by atoms with Crippen molar-refractivity contribution in [3.63, 3.8) is 0 Å². The summed E-state index contributed by atoms with van der Waals surface area (Å²) in [7, 11) is 0. The van der Waals surface area contributed by atoms with Crippen molar-refractivity contribution in [1.82, 2.24) is 0 Å². The SMILES string of the molecule is Cc1cc(OCC#N)c(C(C)C)cc1Br. The molecule has 0 unspecified atom stereocenters. The predicted octanol–water partition coefficient (Wildman–Crippen LogP) is 3.78. The maximum absolute atomic E-state index is 8.50. The van der Waals surface area contributed by atoms with Crippen LogP contribution in [0.1, 0.15) is 30.9 Å². The lowest BCUT2D eigenvalue weighted by Gasteiger charge is -2.14. The van der Waals surface area contributed by atoms with E-state index in [9.17, 15) is 0 Å². The van der Waals surface area contributed by atoms with E-state index in [0.717, 1.165) is 21.3 Å². The summed E-state index contributed by atoms with van der Waals surface area (Å²) < 4.78 is 6.48. The van der Waals surface area contributed by atoms with Gasteiger partial charge in [-0.25, -0.2) is 0 Å². The number of halogens is 1. The third kappa shape index (κ3) is 2.97. The monoisotopic (exact) mass is 267 g/mol. The molecule has 0 fully saturated rings. The summed E-state index contributed by atoms with van der Waals surface area (Å²) >= 11 is 3.50. The highest BCUT2D eigenvalue weighted by atomic mass is 79.9. The van der Waals surface area contributed by atoms with E-state index < -0.39 is 0 Å². The lowest BCUT2D eigenvalue weighted by molar-refractivity contribution is 0.362. The zero-order valence-electron chi connectivity index (χ0n) is 9.17. The van der Waals surface area contributed by atoms with E-state index in [1.165, 1.54) is 0 Å². The molecule has 0 radical (unpaired) electrons. The summed E-state index contributed by atoms with van der Waals surface area (Å²) in [6, 6.07) is 6.01. The molecular formula is C12H14BrNO. The Labute approximate surface area is 99.0 Å². The average Bonchev–Trinajstić information content (AvgIpc) is 2.19. The summed E-state index contributed by atoms with van der Waals surface area (Å²) in [5.74, 6) is 1.20. The molecule has 0 aliphatic heterocycles. The largest absolute Gasteiger partial charge is 0.478 e. The van der Waals surface area contributed by atoms with Crippen LogP contribution in [-0.2, 0) is 0 Å². The number of hydrogen-bond donors (Lipinski definition) is 0. The minimum atomic E-state index is 0.0980. The van der Waals surface area contributed by atoms with E-state index in [4.69, 9.17) is 10.00 Å². The maximum Gasteiger partial charge on any atom is 0.174 e. The smallest absolute Gasteiger partial charge is 0.174 e. The third-order valence-corrected chi connectivity index (χ3v) is 3.06. The highest BCUT2D eigenvalue weighted by Crippen LogP contribution is 2.32. The van der Waals surface area contributed by atoms with Gasteiger partial charge in [0.2, 0.25) is 0 Å². The van der Waals surface area contributed by atoms with E-state index >= 15 is 0 Å². The molecule has 0 aromatic heterocycles. The molecule has 0 atom stereocenters. The Balaban J connectivity index is 3.11. The van der Waals surface area contributed by atoms with Crippen molar-refractivity contribution in [1.29, 1.82) is 5.26 Å². The number of aryl methyl sites for hydroxylation is 1. The molecule has 1 aromatic carbocycles. The summed E-state index contributed by atoms with van der Waals surface area (Å²) in [6.07, 6.45) is 0. The van der Waals surface area contributed by atoms with Crippen LogP contribution in [0, 0.1) is 18.3 Å². The first kappa shape index (κ1) is 12.1. The van der Waals surface area contributed by atoms with Crippen LogP contribution in [0.25, 0.3) is 0 Å². The topological polar surface area (TPSA) is 33.0 Å². The van der Waals surface area contributed by atoms with E-state index in [0.29, 0.717) is 5.92 Å². The summed E-state index contributed by atoms with van der Waals surface area (Å²) in [5.41, 5.74) is 2.25. The molecule has 0 aliphatic carbocycles. The molecule has 0 aliphatic rings. The van der Waals surface area contributed by atoms with E-state index in [1.54, 1.807) is 0 Å². The molecule has 0 saturated carbocycles. The summed E-state index contributed by atoms with van der Waals surface area (Å²) in [6.45, 7) is 6.32. The number of rotatable bonds is 3. The highest BCUT2D eigenvalue weighted by molar-refractivity contribution is 9.10. The fourth-order valence-electron chi connectivity index (χ4n) is 1.36. The average molecular weight is 268 g/mol. The number of nitrogens with zero attached hydrogens (tertiary/aromatic N) is 1. The molecule has 1 rings (SSSR count). The lowest BCUT2D eigenvalue weighted by Crippen LogP contribution is -2.00. The molecule has 3 heteroatoms. The van der Waals surface area contributed by atoms with Crippen LogP contribution < -0.4 is 4.74 Å². The Morgan fingerprint density at radius 2 is 2.13 bits per heavy atom. The zero-order valence-corrected chi connectivity index (χ0v) is 10.8. The van der Waals surface area contributed by atoms with Crippen molar-refractivity contribution in [2.45, 2.75) is 26.7 Å². The standard InChI is InChI=1S/C12H14BrNO/c1-8(2)10-7-11(13)9(3)6-12(10)15-5-4-14/h6-8H,5H2,1-3H3. The minimum absolute atomic E-state index is 0.0980. The van der Waals surface area contributed by atoms with Crippen molar-refractivity contribution in [2.24, 2.45) is 0 Å². The highest BCUT2D eigenvalue weighted by Gasteiger charge is 2.10. The molecular weight excluding hydrogens is 254 g/mol. The molecule has 80 valence electrons. The van der Waals surface area contributed by atoms with Gasteiger partial charge in [0.1, 0.15) is 11.8 Å². The van der Waals surface area contributed by atoms with Crippen LogP contribution in [0.5, 0.6) is 5.75 Å². The van der Waals surface area contributed by atoms with Gasteiger partial charge in [-0.05, 0) is 36.1 Å². The molecule has 0 spiro atoms. The van der Waals surface area contributed by atoms with Crippen LogP contribution in [-0.4, -0.2) is 6.61 Å². The summed E-state index contributed by atoms with van der Waals surface area (Å²) in [4.78, 5) is 0. The first-order valence-corrected chi connectivity index (χ1v) is 5.65. The van der Waals surface area contributed by atoms with Crippen molar-refractivity contribution >= 4 is 15.9 Å². The van der Waals surface area contributed by atoms with Gasteiger partial charge in [0.15, 0.2) is 6.61 Å².